The molecule has 1 aliphatic carbocycles. The minimum atomic E-state index is 0.302. The maximum absolute atomic E-state index is 9.44. The van der Waals surface area contributed by atoms with Crippen molar-refractivity contribution in [1.29, 1.82) is 5.26 Å². The number of halogens is 1. The van der Waals surface area contributed by atoms with E-state index < -0.39 is 0 Å². The summed E-state index contributed by atoms with van der Waals surface area (Å²) in [5.74, 6) is 1.70. The second-order valence-corrected chi connectivity index (χ2v) is 9.25. The predicted molar refractivity (Wildman–Crippen MR) is 124 cm³/mol. The van der Waals surface area contributed by atoms with Crippen molar-refractivity contribution in [3.05, 3.63) is 53.0 Å². The van der Waals surface area contributed by atoms with E-state index in [9.17, 15) is 5.11 Å². The molecule has 0 unspecified atom stereocenters. The second kappa shape index (κ2) is 9.84. The molecule has 0 bridgehead atoms. The Labute approximate surface area is 190 Å². The van der Waals surface area contributed by atoms with Crippen molar-refractivity contribution in [2.24, 2.45) is 5.92 Å². The Kier molecular flexibility index (Phi) is 6.94. The minimum absolute atomic E-state index is 0.302. The van der Waals surface area contributed by atoms with Crippen LogP contribution in [0, 0.1) is 17.2 Å². The van der Waals surface area contributed by atoms with Crippen LogP contribution in [-0.4, -0.2) is 53.8 Å². The van der Waals surface area contributed by atoms with Crippen LogP contribution < -0.4 is 10.3 Å². The monoisotopic (exact) mass is 441 g/mol. The molecule has 1 aromatic rings. The van der Waals surface area contributed by atoms with Crippen molar-refractivity contribution in [1.82, 2.24) is 15.3 Å². The van der Waals surface area contributed by atoms with Crippen molar-refractivity contribution < 1.29 is 5.11 Å². The Morgan fingerprint density at radius 2 is 1.94 bits per heavy atom. The standard InChI is InChI=1S/C24H32ClN5O/c1-28(22-5-4-19(16-26)23(25)15-22)20-6-8-21(9-7-20)30-24(3-2-12-27-30)29-13-10-18(17-31)11-14-29/h2-5,12,15,18,20-21,27,31H,6-11,13-14,17H2,1H3. The normalized spacial score (nSPS) is 24.4. The van der Waals surface area contributed by atoms with Gasteiger partial charge in [0.05, 0.1) is 16.6 Å². The van der Waals surface area contributed by atoms with Gasteiger partial charge in [-0.1, -0.05) is 11.6 Å². The molecule has 166 valence electrons. The fourth-order valence-corrected chi connectivity index (χ4v) is 5.24. The number of hydrogen-bond acceptors (Lipinski definition) is 6. The fourth-order valence-electron chi connectivity index (χ4n) is 5.03. The summed E-state index contributed by atoms with van der Waals surface area (Å²) in [7, 11) is 2.13. The minimum Gasteiger partial charge on any atom is -0.396 e. The van der Waals surface area contributed by atoms with Gasteiger partial charge >= 0.3 is 0 Å². The number of aliphatic hydroxyl groups excluding tert-OH is 1. The van der Waals surface area contributed by atoms with Crippen molar-refractivity contribution in [3.63, 3.8) is 0 Å². The zero-order valence-corrected chi connectivity index (χ0v) is 18.9. The number of rotatable bonds is 5. The molecule has 2 fully saturated rings. The number of benzene rings is 1. The van der Waals surface area contributed by atoms with E-state index in [0.29, 0.717) is 35.2 Å². The maximum Gasteiger partial charge on any atom is 0.123 e. The molecule has 1 aromatic carbocycles. The molecule has 7 heteroatoms. The smallest absolute Gasteiger partial charge is 0.123 e. The number of hydrogen-bond donors (Lipinski definition) is 2. The van der Waals surface area contributed by atoms with Crippen molar-refractivity contribution >= 4 is 17.3 Å². The first-order chi connectivity index (χ1) is 15.1. The van der Waals surface area contributed by atoms with Gasteiger partial charge in [0.1, 0.15) is 11.9 Å². The molecule has 6 nitrogen and oxygen atoms in total. The third-order valence-electron chi connectivity index (χ3n) is 7.06. The molecule has 0 aromatic heterocycles. The molecule has 1 saturated heterocycles. The van der Waals surface area contributed by atoms with Gasteiger partial charge in [0.2, 0.25) is 0 Å². The Morgan fingerprint density at radius 3 is 2.58 bits per heavy atom. The van der Waals surface area contributed by atoms with E-state index in [1.807, 2.05) is 18.3 Å². The van der Waals surface area contributed by atoms with Crippen LogP contribution in [0.1, 0.15) is 44.1 Å². The third-order valence-corrected chi connectivity index (χ3v) is 7.37. The van der Waals surface area contributed by atoms with Gasteiger partial charge in [-0.15, -0.1) is 0 Å². The summed E-state index contributed by atoms with van der Waals surface area (Å²) < 4.78 is 0. The molecule has 3 aliphatic rings. The summed E-state index contributed by atoms with van der Waals surface area (Å²) in [6.07, 6.45) is 12.9. The van der Waals surface area contributed by atoms with E-state index in [-0.39, 0.29) is 0 Å². The zero-order valence-electron chi connectivity index (χ0n) is 18.2. The lowest BCUT2D eigenvalue weighted by Gasteiger charge is -2.46. The Balaban J connectivity index is 1.36. The van der Waals surface area contributed by atoms with Crippen LogP contribution in [0.25, 0.3) is 0 Å². The number of anilines is 1. The summed E-state index contributed by atoms with van der Waals surface area (Å²) >= 11 is 6.25. The number of allylic oxidation sites excluding steroid dienone is 2. The van der Waals surface area contributed by atoms with Gasteiger partial charge < -0.3 is 20.3 Å². The number of aliphatic hydroxyl groups is 1. The first-order valence-corrected chi connectivity index (χ1v) is 11.7. The number of nitrogens with one attached hydrogen (secondary N) is 1. The summed E-state index contributed by atoms with van der Waals surface area (Å²) in [6.45, 7) is 2.30. The van der Waals surface area contributed by atoms with Crippen LogP contribution in [0.3, 0.4) is 0 Å². The number of likely N-dealkylation sites (tertiary alicyclic amines) is 1. The number of hydrazine groups is 1. The molecule has 2 N–H and O–H groups in total. The Bertz CT molecular complexity index is 863. The molecule has 0 amide bonds. The fraction of sp³-hybridized carbons (Fsp3) is 0.542. The van der Waals surface area contributed by atoms with Crippen LogP contribution in [0.4, 0.5) is 5.69 Å². The SMILES string of the molecule is CN(c1ccc(C#N)c(Cl)c1)C1CCC(N2NC=CC=C2N2CCC(CO)CC2)CC1. The van der Waals surface area contributed by atoms with Crippen molar-refractivity contribution in [2.75, 3.05) is 31.6 Å². The largest absolute Gasteiger partial charge is 0.396 e. The lowest BCUT2D eigenvalue weighted by atomic mass is 9.89. The van der Waals surface area contributed by atoms with E-state index in [4.69, 9.17) is 16.9 Å². The van der Waals surface area contributed by atoms with Gasteiger partial charge in [-0.25, -0.2) is 0 Å². The first kappa shape index (κ1) is 21.9. The summed E-state index contributed by atoms with van der Waals surface area (Å²) in [4.78, 5) is 4.77. The molecule has 0 atom stereocenters. The number of nitrogens with zero attached hydrogens (tertiary/aromatic N) is 4. The molecule has 0 radical (unpaired) electrons. The van der Waals surface area contributed by atoms with Crippen LogP contribution in [0.15, 0.2) is 42.4 Å². The van der Waals surface area contributed by atoms with Gasteiger partial charge in [0.25, 0.3) is 0 Å². The topological polar surface area (TPSA) is 65.8 Å². The van der Waals surface area contributed by atoms with Crippen LogP contribution in [0.2, 0.25) is 5.02 Å². The van der Waals surface area contributed by atoms with E-state index >= 15 is 0 Å². The highest BCUT2D eigenvalue weighted by Crippen LogP contribution is 2.33. The van der Waals surface area contributed by atoms with Gasteiger partial charge in [-0.3, -0.25) is 5.01 Å². The average molecular weight is 442 g/mol. The summed E-state index contributed by atoms with van der Waals surface area (Å²) in [6, 6.07) is 8.75. The average Bonchev–Trinajstić information content (AvgIpc) is 2.83. The second-order valence-electron chi connectivity index (χ2n) is 8.85. The van der Waals surface area contributed by atoms with E-state index in [1.165, 1.54) is 5.82 Å². The van der Waals surface area contributed by atoms with Gasteiger partial charge in [-0.05, 0) is 74.8 Å². The molecular formula is C24H32ClN5O. The van der Waals surface area contributed by atoms with Crippen LogP contribution in [0.5, 0.6) is 0 Å². The van der Waals surface area contributed by atoms with Gasteiger partial charge in [-0.2, -0.15) is 5.26 Å². The zero-order chi connectivity index (χ0) is 21.8. The number of piperidine rings is 1. The van der Waals surface area contributed by atoms with E-state index in [1.54, 1.807) is 6.07 Å². The van der Waals surface area contributed by atoms with Crippen LogP contribution >= 0.6 is 11.6 Å². The van der Waals surface area contributed by atoms with Gasteiger partial charge in [0, 0.05) is 44.7 Å². The molecule has 0 spiro atoms. The quantitative estimate of drug-likeness (QED) is 0.723. The molecule has 2 heterocycles. The highest BCUT2D eigenvalue weighted by Gasteiger charge is 2.32. The third kappa shape index (κ3) is 4.78. The van der Waals surface area contributed by atoms with Crippen molar-refractivity contribution in [3.8, 4) is 6.07 Å². The predicted octanol–water partition coefficient (Wildman–Crippen LogP) is 3.84. The summed E-state index contributed by atoms with van der Waals surface area (Å²) in [5.41, 5.74) is 5.08. The molecule has 1 saturated carbocycles. The lowest BCUT2D eigenvalue weighted by Crippen LogP contribution is -2.52. The molecule has 31 heavy (non-hydrogen) atoms. The van der Waals surface area contributed by atoms with Gasteiger partial charge in [0.15, 0.2) is 0 Å². The molecule has 2 aliphatic heterocycles. The lowest BCUT2D eigenvalue weighted by molar-refractivity contribution is 0.0727. The molecule has 4 rings (SSSR count). The van der Waals surface area contributed by atoms with E-state index in [2.05, 4.69) is 45.5 Å². The Morgan fingerprint density at radius 1 is 1.19 bits per heavy atom. The highest BCUT2D eigenvalue weighted by atomic mass is 35.5. The first-order valence-electron chi connectivity index (χ1n) is 11.3. The molecular weight excluding hydrogens is 410 g/mol. The Hall–Kier alpha value is -2.36. The summed E-state index contributed by atoms with van der Waals surface area (Å²) in [5, 5.41) is 21.4. The van der Waals surface area contributed by atoms with E-state index in [0.717, 1.165) is 57.3 Å². The maximum atomic E-state index is 9.44. The number of nitriles is 1. The highest BCUT2D eigenvalue weighted by molar-refractivity contribution is 6.32. The van der Waals surface area contributed by atoms with Crippen molar-refractivity contribution in [2.45, 2.75) is 50.6 Å². The van der Waals surface area contributed by atoms with Crippen LogP contribution in [-0.2, 0) is 0 Å².